The summed E-state index contributed by atoms with van der Waals surface area (Å²) in [7, 11) is -3.94. The average molecular weight is 466 g/mol. The van der Waals surface area contributed by atoms with Crippen molar-refractivity contribution in [3.63, 3.8) is 0 Å². The molecule has 0 aromatic heterocycles. The first kappa shape index (κ1) is 21.9. The van der Waals surface area contributed by atoms with Crippen molar-refractivity contribution < 1.29 is 22.2 Å². The van der Waals surface area contributed by atoms with Crippen LogP contribution in [-0.4, -0.2) is 24.5 Å². The maximum absolute atomic E-state index is 12.7. The number of carbonyl (C=O) groups is 2. The van der Waals surface area contributed by atoms with Crippen LogP contribution < -0.4 is 4.18 Å². The Hall–Kier alpha value is -3.36. The van der Waals surface area contributed by atoms with E-state index in [1.807, 2.05) is 37.3 Å². The molecule has 0 saturated carbocycles. The Labute approximate surface area is 190 Å². The number of hydrogen-bond acceptors (Lipinski definition) is 6. The number of carbonyl (C=O) groups excluding carboxylic acids is 2. The van der Waals surface area contributed by atoms with Crippen LogP contribution in [0.25, 0.3) is 6.08 Å². The summed E-state index contributed by atoms with van der Waals surface area (Å²) in [6.07, 6.45) is 1.61. The van der Waals surface area contributed by atoms with E-state index >= 15 is 0 Å². The van der Waals surface area contributed by atoms with Crippen LogP contribution in [0.2, 0.25) is 0 Å². The van der Waals surface area contributed by atoms with Crippen LogP contribution in [0.3, 0.4) is 0 Å². The van der Waals surface area contributed by atoms with Crippen molar-refractivity contribution >= 4 is 39.1 Å². The Morgan fingerprint density at radius 1 is 0.906 bits per heavy atom. The van der Waals surface area contributed by atoms with Crippen LogP contribution in [0.5, 0.6) is 5.75 Å². The number of aryl methyl sites for hydroxylation is 1. The molecule has 3 aromatic rings. The summed E-state index contributed by atoms with van der Waals surface area (Å²) < 4.78 is 30.0. The second-order valence-corrected chi connectivity index (χ2v) is 9.71. The minimum Gasteiger partial charge on any atom is -0.379 e. The van der Waals surface area contributed by atoms with Crippen LogP contribution in [0.15, 0.2) is 88.7 Å². The van der Waals surface area contributed by atoms with Gasteiger partial charge in [-0.3, -0.25) is 14.5 Å². The van der Waals surface area contributed by atoms with Crippen molar-refractivity contribution in [2.75, 3.05) is 0 Å². The van der Waals surface area contributed by atoms with Crippen molar-refractivity contribution in [2.24, 2.45) is 0 Å². The highest BCUT2D eigenvalue weighted by Gasteiger charge is 2.34. The Balaban J connectivity index is 1.46. The molecule has 0 radical (unpaired) electrons. The van der Waals surface area contributed by atoms with Crippen molar-refractivity contribution in [3.05, 3.63) is 100 Å². The van der Waals surface area contributed by atoms with Crippen molar-refractivity contribution in [1.29, 1.82) is 0 Å². The molecule has 1 aliphatic rings. The van der Waals surface area contributed by atoms with E-state index in [0.29, 0.717) is 10.5 Å². The van der Waals surface area contributed by atoms with E-state index < -0.39 is 10.1 Å². The third-order valence-corrected chi connectivity index (χ3v) is 6.92. The van der Waals surface area contributed by atoms with Crippen LogP contribution in [0.1, 0.15) is 16.7 Å². The Bertz CT molecular complexity index is 1280. The minimum absolute atomic E-state index is 0.0688. The molecule has 0 spiro atoms. The Morgan fingerprint density at radius 2 is 1.56 bits per heavy atom. The van der Waals surface area contributed by atoms with Crippen LogP contribution in [0.4, 0.5) is 4.79 Å². The maximum Gasteiger partial charge on any atom is 0.339 e. The van der Waals surface area contributed by atoms with E-state index in [1.165, 1.54) is 29.2 Å². The van der Waals surface area contributed by atoms with Gasteiger partial charge in [-0.25, -0.2) is 0 Å². The molecule has 0 aliphatic carbocycles. The molecule has 162 valence electrons. The van der Waals surface area contributed by atoms with Crippen molar-refractivity contribution in [2.45, 2.75) is 18.4 Å². The second-order valence-electron chi connectivity index (χ2n) is 7.17. The summed E-state index contributed by atoms with van der Waals surface area (Å²) >= 11 is 0.880. The maximum atomic E-state index is 12.7. The van der Waals surface area contributed by atoms with E-state index in [4.69, 9.17) is 4.18 Å². The first-order valence-electron chi connectivity index (χ1n) is 9.72. The van der Waals surface area contributed by atoms with Crippen LogP contribution in [-0.2, 0) is 21.5 Å². The lowest BCUT2D eigenvalue weighted by Gasteiger charge is -2.12. The third-order valence-electron chi connectivity index (χ3n) is 4.75. The summed E-state index contributed by atoms with van der Waals surface area (Å²) in [5.74, 6) is -0.203. The van der Waals surface area contributed by atoms with Gasteiger partial charge in [0.1, 0.15) is 10.6 Å². The standard InChI is InChI=1S/C24H19NO5S2/c1-17-7-13-21(14-8-17)32(28,29)30-20-11-9-18(10-12-20)15-22-23(26)25(24(27)31-22)16-19-5-3-2-4-6-19/h2-15H,16H2,1H3/b22-15-. The molecule has 0 atom stereocenters. The number of nitrogens with zero attached hydrogens (tertiary/aromatic N) is 1. The number of amides is 2. The van der Waals surface area contributed by atoms with Crippen LogP contribution >= 0.6 is 11.8 Å². The highest BCUT2D eigenvalue weighted by molar-refractivity contribution is 8.18. The molecule has 8 heteroatoms. The molecule has 1 aliphatic heterocycles. The van der Waals surface area contributed by atoms with Gasteiger partial charge >= 0.3 is 10.1 Å². The number of benzene rings is 3. The number of thioether (sulfide) groups is 1. The van der Waals surface area contributed by atoms with E-state index in [0.717, 1.165) is 22.9 Å². The average Bonchev–Trinajstić information content (AvgIpc) is 3.03. The molecule has 2 amide bonds. The monoisotopic (exact) mass is 465 g/mol. The molecule has 0 unspecified atom stereocenters. The Morgan fingerprint density at radius 3 is 2.22 bits per heavy atom. The molecule has 6 nitrogen and oxygen atoms in total. The molecule has 32 heavy (non-hydrogen) atoms. The van der Waals surface area contributed by atoms with Gasteiger partial charge in [-0.1, -0.05) is 60.2 Å². The molecule has 0 N–H and O–H groups in total. The second kappa shape index (κ2) is 9.02. The number of imide groups is 1. The zero-order valence-corrected chi connectivity index (χ0v) is 18.7. The quantitative estimate of drug-likeness (QED) is 0.376. The fourth-order valence-corrected chi connectivity index (χ4v) is 4.82. The van der Waals surface area contributed by atoms with Crippen molar-refractivity contribution in [1.82, 2.24) is 4.90 Å². The SMILES string of the molecule is Cc1ccc(S(=O)(=O)Oc2ccc(/C=C3\SC(=O)N(Cc4ccccc4)C3=O)cc2)cc1. The number of rotatable bonds is 6. The van der Waals surface area contributed by atoms with Crippen molar-refractivity contribution in [3.8, 4) is 5.75 Å². The van der Waals surface area contributed by atoms with Gasteiger partial charge in [0.05, 0.1) is 11.4 Å². The summed E-state index contributed by atoms with van der Waals surface area (Å²) in [4.78, 5) is 26.6. The molecule has 1 fully saturated rings. The number of hydrogen-bond donors (Lipinski definition) is 0. The predicted octanol–water partition coefficient (Wildman–Crippen LogP) is 5.00. The highest BCUT2D eigenvalue weighted by Crippen LogP contribution is 2.33. The molecule has 3 aromatic carbocycles. The molecular formula is C24H19NO5S2. The molecule has 1 saturated heterocycles. The fraction of sp³-hybridized carbons (Fsp3) is 0.0833. The lowest BCUT2D eigenvalue weighted by Crippen LogP contribution is -2.27. The zero-order valence-electron chi connectivity index (χ0n) is 17.1. The highest BCUT2D eigenvalue weighted by atomic mass is 32.2. The molecular weight excluding hydrogens is 446 g/mol. The summed E-state index contributed by atoms with van der Waals surface area (Å²) in [6, 6.07) is 21.9. The Kier molecular flexibility index (Phi) is 6.16. The molecule has 4 rings (SSSR count). The van der Waals surface area contributed by atoms with Crippen LogP contribution in [0, 0.1) is 6.92 Å². The summed E-state index contributed by atoms with van der Waals surface area (Å²) in [5.41, 5.74) is 2.46. The largest absolute Gasteiger partial charge is 0.379 e. The van der Waals surface area contributed by atoms with Gasteiger partial charge in [0.2, 0.25) is 0 Å². The predicted molar refractivity (Wildman–Crippen MR) is 123 cm³/mol. The minimum atomic E-state index is -3.94. The van der Waals surface area contributed by atoms with E-state index in [1.54, 1.807) is 30.3 Å². The van der Waals surface area contributed by atoms with Gasteiger partial charge in [0.15, 0.2) is 0 Å². The van der Waals surface area contributed by atoms with E-state index in [-0.39, 0.29) is 28.3 Å². The van der Waals surface area contributed by atoms with Gasteiger partial charge in [0.25, 0.3) is 11.1 Å². The fourth-order valence-electron chi connectivity index (χ4n) is 3.05. The molecule has 0 bridgehead atoms. The van der Waals surface area contributed by atoms with Gasteiger partial charge < -0.3 is 4.18 Å². The zero-order chi connectivity index (χ0) is 22.7. The summed E-state index contributed by atoms with van der Waals surface area (Å²) in [5, 5.41) is -0.325. The normalized spacial score (nSPS) is 15.4. The third kappa shape index (κ3) is 4.92. The smallest absolute Gasteiger partial charge is 0.339 e. The van der Waals surface area contributed by atoms with Gasteiger partial charge in [-0.2, -0.15) is 8.42 Å². The van der Waals surface area contributed by atoms with Gasteiger partial charge in [0, 0.05) is 0 Å². The summed E-state index contributed by atoms with van der Waals surface area (Å²) in [6.45, 7) is 2.08. The topological polar surface area (TPSA) is 80.8 Å². The van der Waals surface area contributed by atoms with E-state index in [2.05, 4.69) is 0 Å². The van der Waals surface area contributed by atoms with Gasteiger partial charge in [-0.05, 0) is 60.2 Å². The lowest BCUT2D eigenvalue weighted by molar-refractivity contribution is -0.123. The molecule has 1 heterocycles. The first-order valence-corrected chi connectivity index (χ1v) is 11.9. The first-order chi connectivity index (χ1) is 15.3. The van der Waals surface area contributed by atoms with Gasteiger partial charge in [-0.15, -0.1) is 0 Å². The lowest BCUT2D eigenvalue weighted by atomic mass is 10.2. The van der Waals surface area contributed by atoms with E-state index in [9.17, 15) is 18.0 Å².